The van der Waals surface area contributed by atoms with E-state index in [1.54, 1.807) is 0 Å². The van der Waals surface area contributed by atoms with E-state index in [9.17, 15) is 0 Å². The van der Waals surface area contributed by atoms with Crippen LogP contribution in [0.15, 0.2) is 158 Å². The Hall–Kier alpha value is -4.36. The van der Waals surface area contributed by atoms with Crippen LogP contribution in [-0.4, -0.2) is 9.52 Å². The molecule has 8 aromatic carbocycles. The Balaban J connectivity index is 0.000000190. The Kier molecular flexibility index (Phi) is 15.0. The monoisotopic (exact) mass is 794 g/mol. The van der Waals surface area contributed by atoms with Crippen LogP contribution in [0.1, 0.15) is 66.8 Å². The van der Waals surface area contributed by atoms with E-state index >= 15 is 0 Å². The van der Waals surface area contributed by atoms with Crippen molar-refractivity contribution < 1.29 is 26.2 Å². The molecule has 0 fully saturated rings. The minimum Gasteiger partial charge on any atom is -0.168 e. The SMILES string of the molecule is C[Si]C.Cc1ccccc1Cc1ccc2[cH-]ccc2c1Cc1ccccc1C.Cc1ccccc1Cc1ccc2[cH-]ccc2c1Cc1ccccc1C.[Zr+2]. The van der Waals surface area contributed by atoms with E-state index in [0.717, 1.165) is 35.2 Å². The van der Waals surface area contributed by atoms with Crippen molar-refractivity contribution in [3.05, 3.63) is 224 Å². The summed E-state index contributed by atoms with van der Waals surface area (Å²) in [5.74, 6) is 0. The summed E-state index contributed by atoms with van der Waals surface area (Å²) in [6, 6.07) is 57.4. The molecule has 0 heterocycles. The zero-order chi connectivity index (χ0) is 37.2. The molecule has 8 aromatic rings. The zero-order valence-corrected chi connectivity index (χ0v) is 36.3. The fourth-order valence-electron chi connectivity index (χ4n) is 7.41. The maximum absolute atomic E-state index is 2.32. The van der Waals surface area contributed by atoms with Gasteiger partial charge in [0.25, 0.3) is 0 Å². The number of fused-ring (bicyclic) bond motifs is 2. The van der Waals surface area contributed by atoms with Crippen LogP contribution in [0.2, 0.25) is 13.1 Å². The molecule has 0 aromatic heterocycles. The van der Waals surface area contributed by atoms with Gasteiger partial charge in [-0.25, -0.2) is 0 Å². The van der Waals surface area contributed by atoms with Crippen molar-refractivity contribution >= 4 is 31.1 Å². The molecule has 0 saturated heterocycles. The molecule has 0 aliphatic rings. The molecule has 0 N–H and O–H groups in total. The number of aryl methyl sites for hydroxylation is 4. The molecule has 2 radical (unpaired) electrons. The van der Waals surface area contributed by atoms with Crippen molar-refractivity contribution in [1.82, 2.24) is 0 Å². The molecule has 0 aliphatic carbocycles. The van der Waals surface area contributed by atoms with Gasteiger partial charge >= 0.3 is 26.2 Å². The van der Waals surface area contributed by atoms with Crippen molar-refractivity contribution in [3.8, 4) is 0 Å². The molecule has 268 valence electrons. The van der Waals surface area contributed by atoms with Crippen molar-refractivity contribution in [1.29, 1.82) is 0 Å². The van der Waals surface area contributed by atoms with Crippen LogP contribution >= 0.6 is 0 Å². The normalized spacial score (nSPS) is 10.6. The maximum atomic E-state index is 2.32. The molecular formula is C52H52SiZr. The smallest absolute Gasteiger partial charge is 0.168 e. The van der Waals surface area contributed by atoms with Crippen LogP contribution in [0.4, 0.5) is 0 Å². The third-order valence-electron chi connectivity index (χ3n) is 10.6. The van der Waals surface area contributed by atoms with Gasteiger partial charge in [-0.15, -0.1) is 57.9 Å². The van der Waals surface area contributed by atoms with Crippen molar-refractivity contribution in [2.24, 2.45) is 0 Å². The Bertz CT molecular complexity index is 2240. The molecule has 0 spiro atoms. The van der Waals surface area contributed by atoms with Gasteiger partial charge < -0.3 is 0 Å². The summed E-state index contributed by atoms with van der Waals surface area (Å²) in [5.41, 5.74) is 17.0. The Labute approximate surface area is 346 Å². The third-order valence-corrected chi connectivity index (χ3v) is 10.6. The van der Waals surface area contributed by atoms with Crippen LogP contribution in [-0.2, 0) is 51.9 Å². The molecule has 54 heavy (non-hydrogen) atoms. The minimum atomic E-state index is 0. The maximum Gasteiger partial charge on any atom is 2.00 e. The molecule has 8 rings (SSSR count). The first-order valence-corrected chi connectivity index (χ1v) is 20.9. The first-order chi connectivity index (χ1) is 25.9. The van der Waals surface area contributed by atoms with Crippen LogP contribution in [0.3, 0.4) is 0 Å². The molecule has 2 heteroatoms. The largest absolute Gasteiger partial charge is 2.00 e. The molecule has 0 atom stereocenters. The molecule has 0 bridgehead atoms. The summed E-state index contributed by atoms with van der Waals surface area (Å²) in [6.45, 7) is 13.1. The quantitative estimate of drug-likeness (QED) is 0.106. The molecule has 0 aliphatic heterocycles. The van der Waals surface area contributed by atoms with Gasteiger partial charge in [0.15, 0.2) is 0 Å². The summed E-state index contributed by atoms with van der Waals surface area (Å²) in [5, 5.41) is 5.48. The summed E-state index contributed by atoms with van der Waals surface area (Å²) in [6.07, 6.45) is 3.98. The van der Waals surface area contributed by atoms with Crippen molar-refractivity contribution in [2.45, 2.75) is 66.5 Å². The zero-order valence-electron chi connectivity index (χ0n) is 32.8. The van der Waals surface area contributed by atoms with Gasteiger partial charge in [-0.05, 0) is 97.9 Å². The Morgan fingerprint density at radius 3 is 0.981 bits per heavy atom. The van der Waals surface area contributed by atoms with E-state index < -0.39 is 0 Å². The second-order valence-electron chi connectivity index (χ2n) is 14.4. The van der Waals surface area contributed by atoms with Gasteiger partial charge in [-0.1, -0.05) is 132 Å². The predicted octanol–water partition coefficient (Wildman–Crippen LogP) is 13.5. The van der Waals surface area contributed by atoms with Crippen LogP contribution in [0, 0.1) is 27.7 Å². The molecule has 0 saturated carbocycles. The van der Waals surface area contributed by atoms with E-state index in [-0.39, 0.29) is 26.2 Å². The van der Waals surface area contributed by atoms with Gasteiger partial charge in [0.05, 0.1) is 0 Å². The second-order valence-corrected chi connectivity index (χ2v) is 15.4. The van der Waals surface area contributed by atoms with Gasteiger partial charge in [0.2, 0.25) is 0 Å². The summed E-state index contributed by atoms with van der Waals surface area (Å²) in [7, 11) is 1.08. The first-order valence-electron chi connectivity index (χ1n) is 18.9. The fourth-order valence-corrected chi connectivity index (χ4v) is 7.41. The average Bonchev–Trinajstić information content (AvgIpc) is 3.85. The number of rotatable bonds is 8. The number of hydrogen-bond acceptors (Lipinski definition) is 0. The van der Waals surface area contributed by atoms with E-state index in [1.165, 1.54) is 88.3 Å². The standard InChI is InChI=1S/2C25H23.C2H6Si.Zr/c2*1-18-8-3-5-10-21(18)16-23-15-14-20-12-7-13-24(20)25(23)17-22-11-6-4-9-19(22)2;1-3-2;/h2*3-15H,16-17H2,1-2H3;1-2H3;/q2*-1;;+2. The first kappa shape index (κ1) is 40.8. The van der Waals surface area contributed by atoms with Crippen molar-refractivity contribution in [2.75, 3.05) is 0 Å². The van der Waals surface area contributed by atoms with E-state index in [4.69, 9.17) is 0 Å². The second kappa shape index (κ2) is 19.8. The van der Waals surface area contributed by atoms with E-state index in [0.29, 0.717) is 0 Å². The average molecular weight is 796 g/mol. The number of benzene rings is 6. The topological polar surface area (TPSA) is 0 Å². The predicted molar refractivity (Wildman–Crippen MR) is 233 cm³/mol. The van der Waals surface area contributed by atoms with E-state index in [2.05, 4.69) is 199 Å². The summed E-state index contributed by atoms with van der Waals surface area (Å²) >= 11 is 0. The molecular weight excluding hydrogens is 744 g/mol. The third kappa shape index (κ3) is 10.0. The van der Waals surface area contributed by atoms with Gasteiger partial charge in [-0.3, -0.25) is 0 Å². The summed E-state index contributed by atoms with van der Waals surface area (Å²) in [4.78, 5) is 0. The Morgan fingerprint density at radius 2 is 0.667 bits per heavy atom. The van der Waals surface area contributed by atoms with Gasteiger partial charge in [0.1, 0.15) is 0 Å². The molecule has 0 unspecified atom stereocenters. The summed E-state index contributed by atoms with van der Waals surface area (Å²) < 4.78 is 0. The van der Waals surface area contributed by atoms with Crippen LogP contribution < -0.4 is 0 Å². The van der Waals surface area contributed by atoms with Gasteiger partial charge in [-0.2, -0.15) is 24.3 Å². The van der Waals surface area contributed by atoms with Crippen molar-refractivity contribution in [3.63, 3.8) is 0 Å². The van der Waals surface area contributed by atoms with Crippen LogP contribution in [0.5, 0.6) is 0 Å². The van der Waals surface area contributed by atoms with Crippen LogP contribution in [0.25, 0.3) is 21.5 Å². The van der Waals surface area contributed by atoms with E-state index in [1.807, 2.05) is 0 Å². The van der Waals surface area contributed by atoms with Gasteiger partial charge in [0, 0.05) is 9.52 Å². The number of hydrogen-bond donors (Lipinski definition) is 0. The molecule has 0 amide bonds. The Morgan fingerprint density at radius 1 is 0.370 bits per heavy atom. The minimum absolute atomic E-state index is 0. The molecule has 0 nitrogen and oxygen atoms in total. The fraction of sp³-hybridized carbons (Fsp3) is 0.192.